The topological polar surface area (TPSA) is 62.5 Å². The zero-order valence-electron chi connectivity index (χ0n) is 14.6. The molecule has 0 spiro atoms. The second-order valence-corrected chi connectivity index (χ2v) is 6.32. The number of hydrogen-bond acceptors (Lipinski definition) is 5. The number of aromatic nitrogens is 2. The van der Waals surface area contributed by atoms with Crippen molar-refractivity contribution in [3.05, 3.63) is 41.1 Å². The van der Waals surface area contributed by atoms with E-state index >= 15 is 0 Å². The molecular formula is C18H24N4O2. The number of rotatable bonds is 4. The predicted octanol–water partition coefficient (Wildman–Crippen LogP) is 2.60. The van der Waals surface area contributed by atoms with Gasteiger partial charge in [0.25, 0.3) is 0 Å². The van der Waals surface area contributed by atoms with Gasteiger partial charge in [0.05, 0.1) is 0 Å². The molecule has 1 aromatic heterocycles. The summed E-state index contributed by atoms with van der Waals surface area (Å²) in [5.74, 6) is 0.485. The van der Waals surface area contributed by atoms with Gasteiger partial charge in [-0.1, -0.05) is 24.6 Å². The fourth-order valence-corrected chi connectivity index (χ4v) is 3.10. The number of anilines is 1. The zero-order chi connectivity index (χ0) is 17.1. The van der Waals surface area contributed by atoms with Crippen molar-refractivity contribution in [3.8, 4) is 0 Å². The Balaban J connectivity index is 1.62. The van der Waals surface area contributed by atoms with Crippen molar-refractivity contribution in [2.24, 2.45) is 0 Å². The average molecular weight is 328 g/mol. The van der Waals surface area contributed by atoms with E-state index < -0.39 is 0 Å². The molecule has 0 atom stereocenters. The van der Waals surface area contributed by atoms with Crippen molar-refractivity contribution in [3.63, 3.8) is 0 Å². The Kier molecular flexibility index (Phi) is 4.83. The van der Waals surface area contributed by atoms with Gasteiger partial charge in [0.15, 0.2) is 0 Å². The lowest BCUT2D eigenvalue weighted by atomic mass is 10.1. The quantitative estimate of drug-likeness (QED) is 0.863. The van der Waals surface area contributed by atoms with Gasteiger partial charge >= 0.3 is 11.8 Å². The molecule has 2 aromatic rings. The summed E-state index contributed by atoms with van der Waals surface area (Å²) in [4.78, 5) is 16.6. The maximum atomic E-state index is 12.5. The van der Waals surface area contributed by atoms with Crippen LogP contribution in [0.1, 0.15) is 41.0 Å². The van der Waals surface area contributed by atoms with Crippen molar-refractivity contribution in [2.45, 2.75) is 33.6 Å². The number of aryl methyl sites for hydroxylation is 3. The summed E-state index contributed by atoms with van der Waals surface area (Å²) in [5.41, 5.74) is 3.79. The van der Waals surface area contributed by atoms with Gasteiger partial charge in [-0.05, 0) is 31.9 Å². The summed E-state index contributed by atoms with van der Waals surface area (Å²) < 4.78 is 5.46. The molecule has 6 heteroatoms. The molecule has 3 rings (SSSR count). The van der Waals surface area contributed by atoms with Gasteiger partial charge < -0.3 is 14.2 Å². The van der Waals surface area contributed by atoms with Crippen molar-refractivity contribution >= 4 is 11.6 Å². The van der Waals surface area contributed by atoms with Crippen LogP contribution >= 0.6 is 0 Å². The molecule has 1 fully saturated rings. The maximum absolute atomic E-state index is 12.5. The monoisotopic (exact) mass is 328 g/mol. The van der Waals surface area contributed by atoms with E-state index in [9.17, 15) is 4.79 Å². The summed E-state index contributed by atoms with van der Waals surface area (Å²) in [6, 6.07) is 6.49. The van der Waals surface area contributed by atoms with Crippen molar-refractivity contribution in [1.29, 1.82) is 0 Å². The molecule has 1 aromatic carbocycles. The van der Waals surface area contributed by atoms with Crippen LogP contribution in [0.3, 0.4) is 0 Å². The number of carbonyl (C=O) groups excluding carboxylic acids is 1. The van der Waals surface area contributed by atoms with Gasteiger partial charge in [0.2, 0.25) is 5.89 Å². The molecule has 1 aliphatic rings. The molecular weight excluding hydrogens is 304 g/mol. The molecule has 1 aliphatic heterocycles. The predicted molar refractivity (Wildman–Crippen MR) is 92.3 cm³/mol. The number of hydrogen-bond donors (Lipinski definition) is 0. The minimum absolute atomic E-state index is 0.110. The number of carbonyl (C=O) groups is 1. The van der Waals surface area contributed by atoms with Crippen LogP contribution in [-0.4, -0.2) is 47.2 Å². The lowest BCUT2D eigenvalue weighted by molar-refractivity contribution is 0.0704. The Bertz CT molecular complexity index is 718. The minimum atomic E-state index is -0.162. The van der Waals surface area contributed by atoms with Gasteiger partial charge in [-0.3, -0.25) is 4.79 Å². The first kappa shape index (κ1) is 16.5. The van der Waals surface area contributed by atoms with E-state index in [1.54, 1.807) is 4.90 Å². The van der Waals surface area contributed by atoms with E-state index in [1.165, 1.54) is 16.8 Å². The van der Waals surface area contributed by atoms with Crippen molar-refractivity contribution in [2.75, 3.05) is 31.1 Å². The molecule has 128 valence electrons. The Hall–Kier alpha value is -2.37. The van der Waals surface area contributed by atoms with Crippen molar-refractivity contribution < 1.29 is 9.21 Å². The SMILES string of the molecule is CCCc1nnc(C(=O)N2CCN(c3ccc(C)cc3C)CC2)o1. The van der Waals surface area contributed by atoms with Crippen LogP contribution in [0.15, 0.2) is 22.6 Å². The lowest BCUT2D eigenvalue weighted by Crippen LogP contribution is -2.49. The highest BCUT2D eigenvalue weighted by Gasteiger charge is 2.26. The summed E-state index contributed by atoms with van der Waals surface area (Å²) in [6.07, 6.45) is 1.63. The Labute approximate surface area is 142 Å². The highest BCUT2D eigenvalue weighted by atomic mass is 16.4. The van der Waals surface area contributed by atoms with Crippen LogP contribution in [-0.2, 0) is 6.42 Å². The average Bonchev–Trinajstić information content (AvgIpc) is 3.03. The van der Waals surface area contributed by atoms with Crippen LogP contribution in [0.5, 0.6) is 0 Å². The minimum Gasteiger partial charge on any atom is -0.417 e. The normalized spacial score (nSPS) is 15.0. The van der Waals surface area contributed by atoms with E-state index in [4.69, 9.17) is 4.42 Å². The standard InChI is InChI=1S/C18H24N4O2/c1-4-5-16-19-20-17(24-16)18(23)22-10-8-21(9-11-22)15-7-6-13(2)12-14(15)3/h6-7,12H,4-5,8-11H2,1-3H3. The maximum Gasteiger partial charge on any atom is 0.311 e. The fraction of sp³-hybridized carbons (Fsp3) is 0.500. The largest absolute Gasteiger partial charge is 0.417 e. The first-order valence-corrected chi connectivity index (χ1v) is 8.52. The molecule has 2 heterocycles. The number of piperazine rings is 1. The van der Waals surface area contributed by atoms with Crippen LogP contribution in [0.25, 0.3) is 0 Å². The molecule has 1 saturated heterocycles. The highest BCUT2D eigenvalue weighted by Crippen LogP contribution is 2.22. The third kappa shape index (κ3) is 3.42. The Morgan fingerprint density at radius 1 is 1.17 bits per heavy atom. The van der Waals surface area contributed by atoms with Crippen LogP contribution in [0.2, 0.25) is 0 Å². The highest BCUT2D eigenvalue weighted by molar-refractivity contribution is 5.89. The van der Waals surface area contributed by atoms with Gasteiger partial charge in [-0.2, -0.15) is 0 Å². The van der Waals surface area contributed by atoms with Gasteiger partial charge in [-0.25, -0.2) is 0 Å². The fourth-order valence-electron chi connectivity index (χ4n) is 3.10. The summed E-state index contributed by atoms with van der Waals surface area (Å²) in [5, 5.41) is 7.82. The third-order valence-corrected chi connectivity index (χ3v) is 4.37. The summed E-state index contributed by atoms with van der Waals surface area (Å²) >= 11 is 0. The molecule has 6 nitrogen and oxygen atoms in total. The molecule has 0 saturated carbocycles. The lowest BCUT2D eigenvalue weighted by Gasteiger charge is -2.36. The molecule has 1 amide bonds. The van der Waals surface area contributed by atoms with Crippen molar-refractivity contribution in [1.82, 2.24) is 15.1 Å². The number of nitrogens with zero attached hydrogens (tertiary/aromatic N) is 4. The molecule has 0 N–H and O–H groups in total. The molecule has 24 heavy (non-hydrogen) atoms. The number of benzene rings is 1. The van der Waals surface area contributed by atoms with Crippen LogP contribution < -0.4 is 4.90 Å². The summed E-state index contributed by atoms with van der Waals surface area (Å²) in [7, 11) is 0. The Morgan fingerprint density at radius 3 is 2.58 bits per heavy atom. The number of amides is 1. The summed E-state index contributed by atoms with van der Waals surface area (Å²) in [6.45, 7) is 9.22. The van der Waals surface area contributed by atoms with Gasteiger partial charge in [-0.15, -0.1) is 10.2 Å². The first-order valence-electron chi connectivity index (χ1n) is 8.52. The molecule has 0 unspecified atom stereocenters. The smallest absolute Gasteiger partial charge is 0.311 e. The zero-order valence-corrected chi connectivity index (χ0v) is 14.6. The van der Waals surface area contributed by atoms with E-state index in [2.05, 4.69) is 47.1 Å². The first-order chi connectivity index (χ1) is 11.6. The third-order valence-electron chi connectivity index (χ3n) is 4.37. The van der Waals surface area contributed by atoms with E-state index in [1.807, 2.05) is 6.92 Å². The van der Waals surface area contributed by atoms with Crippen LogP contribution in [0, 0.1) is 13.8 Å². The second-order valence-electron chi connectivity index (χ2n) is 6.32. The van der Waals surface area contributed by atoms with E-state index in [0.717, 1.165) is 19.5 Å². The van der Waals surface area contributed by atoms with Gasteiger partial charge in [0.1, 0.15) is 0 Å². The second kappa shape index (κ2) is 7.03. The van der Waals surface area contributed by atoms with Crippen LogP contribution in [0.4, 0.5) is 5.69 Å². The van der Waals surface area contributed by atoms with E-state index in [-0.39, 0.29) is 11.8 Å². The Morgan fingerprint density at radius 2 is 1.92 bits per heavy atom. The molecule has 0 aliphatic carbocycles. The molecule has 0 bridgehead atoms. The molecule has 0 radical (unpaired) electrons. The van der Waals surface area contributed by atoms with Gasteiger partial charge in [0, 0.05) is 38.3 Å². The van der Waals surface area contributed by atoms with E-state index in [0.29, 0.717) is 25.4 Å².